The second-order valence-corrected chi connectivity index (χ2v) is 13.8. The maximum atomic E-state index is 10.8. The van der Waals surface area contributed by atoms with Crippen molar-refractivity contribution in [1.82, 2.24) is 0 Å². The first-order valence-corrected chi connectivity index (χ1v) is 20.4. The Bertz CT molecular complexity index is 725. The van der Waals surface area contributed by atoms with Gasteiger partial charge in [0.25, 0.3) is 10.1 Å². The minimum atomic E-state index is -3.26. The van der Waals surface area contributed by atoms with E-state index in [0.29, 0.717) is 6.61 Å². The number of rotatable bonds is 30. The Morgan fingerprint density at radius 3 is 1.17 bits per heavy atom. The standard InChI is InChI=1S/C19H36O3S.C18H33Br/c1-3-4-5-6-7-8-9-10-11-12-13-14-15-16-17-18-19-22-23(2,20)21;1-2-3-4-5-6-7-8-9-10-11-12-13-14-15-16-17-18-19/h7-8,10-11H,3-6,9,12-19H2,1-2H3;6-7,9-10H,2-5,8,11-18H2,1H3/b8-7-,11-10-;7-6-,10-9-. The van der Waals surface area contributed by atoms with E-state index >= 15 is 0 Å². The van der Waals surface area contributed by atoms with E-state index in [2.05, 4.69) is 78.4 Å². The topological polar surface area (TPSA) is 43.4 Å². The molecule has 0 rings (SSSR count). The van der Waals surface area contributed by atoms with Gasteiger partial charge in [-0.05, 0) is 77.0 Å². The van der Waals surface area contributed by atoms with Gasteiger partial charge in [-0.3, -0.25) is 4.18 Å². The highest BCUT2D eigenvalue weighted by atomic mass is 79.9. The number of alkyl halides is 1. The fraction of sp³-hybridized carbons (Fsp3) is 0.784. The molecule has 0 radical (unpaired) electrons. The molecule has 0 bridgehead atoms. The van der Waals surface area contributed by atoms with E-state index in [0.717, 1.165) is 38.4 Å². The summed E-state index contributed by atoms with van der Waals surface area (Å²) < 4.78 is 26.2. The fourth-order valence-corrected chi connectivity index (χ4v) is 5.20. The van der Waals surface area contributed by atoms with Gasteiger partial charge in [0.1, 0.15) is 0 Å². The highest BCUT2D eigenvalue weighted by molar-refractivity contribution is 9.09. The number of hydrogen-bond donors (Lipinski definition) is 0. The average molecular weight is 674 g/mol. The lowest BCUT2D eigenvalue weighted by molar-refractivity contribution is 0.309. The van der Waals surface area contributed by atoms with E-state index in [4.69, 9.17) is 4.18 Å². The molecule has 0 saturated carbocycles. The Hall–Kier alpha value is -0.650. The third kappa shape index (κ3) is 46.3. The Morgan fingerprint density at radius 2 is 0.810 bits per heavy atom. The van der Waals surface area contributed by atoms with Crippen molar-refractivity contribution in [1.29, 1.82) is 0 Å². The molecule has 0 unspecified atom stereocenters. The molecule has 0 heterocycles. The summed E-state index contributed by atoms with van der Waals surface area (Å²) in [7, 11) is -3.26. The minimum Gasteiger partial charge on any atom is -0.270 e. The lowest BCUT2D eigenvalue weighted by Crippen LogP contribution is -2.03. The Balaban J connectivity index is 0. The van der Waals surface area contributed by atoms with Crippen LogP contribution in [0.2, 0.25) is 0 Å². The SMILES string of the molecule is CCCCC/C=C\C/C=C\CCCCCCCCBr.CCCCC/C=C\C/C=C\CCCCCCCCOS(C)(=O)=O. The fourth-order valence-electron chi connectivity index (χ4n) is 4.38. The molecule has 0 N–H and O–H groups in total. The largest absolute Gasteiger partial charge is 0.270 e. The Kier molecular flexibility index (Phi) is 39.7. The summed E-state index contributed by atoms with van der Waals surface area (Å²) in [6.07, 6.45) is 49.7. The van der Waals surface area contributed by atoms with Gasteiger partial charge in [-0.1, -0.05) is 155 Å². The van der Waals surface area contributed by atoms with Gasteiger partial charge < -0.3 is 0 Å². The maximum Gasteiger partial charge on any atom is 0.264 e. The molecule has 0 saturated heterocycles. The van der Waals surface area contributed by atoms with E-state index in [1.165, 1.54) is 127 Å². The molecule has 0 fully saturated rings. The van der Waals surface area contributed by atoms with E-state index in [1.807, 2.05) is 0 Å². The van der Waals surface area contributed by atoms with Gasteiger partial charge in [0.15, 0.2) is 0 Å². The summed E-state index contributed by atoms with van der Waals surface area (Å²) in [5.74, 6) is 0. The summed E-state index contributed by atoms with van der Waals surface area (Å²) in [5.41, 5.74) is 0. The van der Waals surface area contributed by atoms with Crippen molar-refractivity contribution in [3.05, 3.63) is 48.6 Å². The molecule has 0 aliphatic carbocycles. The van der Waals surface area contributed by atoms with Crippen LogP contribution in [-0.2, 0) is 14.3 Å². The summed E-state index contributed by atoms with van der Waals surface area (Å²) in [6, 6.07) is 0. The van der Waals surface area contributed by atoms with Crippen LogP contribution < -0.4 is 0 Å². The molecule has 0 aliphatic heterocycles. The van der Waals surface area contributed by atoms with Crippen molar-refractivity contribution in [2.24, 2.45) is 0 Å². The Morgan fingerprint density at radius 1 is 0.476 bits per heavy atom. The van der Waals surface area contributed by atoms with Crippen LogP contribution in [0, 0.1) is 0 Å². The van der Waals surface area contributed by atoms with Gasteiger partial charge in [-0.15, -0.1) is 0 Å². The number of unbranched alkanes of at least 4 members (excludes halogenated alkanes) is 18. The predicted octanol–water partition coefficient (Wildman–Crippen LogP) is 13.0. The zero-order chi connectivity index (χ0) is 31.2. The van der Waals surface area contributed by atoms with Crippen molar-refractivity contribution in [3.63, 3.8) is 0 Å². The summed E-state index contributed by atoms with van der Waals surface area (Å²) in [5, 5.41) is 1.17. The molecular weight excluding hydrogens is 604 g/mol. The van der Waals surface area contributed by atoms with Crippen molar-refractivity contribution >= 4 is 26.0 Å². The lowest BCUT2D eigenvalue weighted by atomic mass is 10.1. The molecule has 0 aromatic carbocycles. The first kappa shape index (κ1) is 43.5. The molecule has 0 aliphatic rings. The average Bonchev–Trinajstić information content (AvgIpc) is 2.96. The first-order chi connectivity index (χ1) is 20.5. The number of halogens is 1. The van der Waals surface area contributed by atoms with Crippen LogP contribution in [0.5, 0.6) is 0 Å². The minimum absolute atomic E-state index is 0.327. The molecule has 248 valence electrons. The number of allylic oxidation sites excluding steroid dienone is 8. The second kappa shape index (κ2) is 38.4. The highest BCUT2D eigenvalue weighted by Crippen LogP contribution is 2.10. The molecule has 0 aromatic heterocycles. The lowest BCUT2D eigenvalue weighted by Gasteiger charge is -2.01. The Labute approximate surface area is 272 Å². The smallest absolute Gasteiger partial charge is 0.264 e. The first-order valence-electron chi connectivity index (χ1n) is 17.5. The van der Waals surface area contributed by atoms with Gasteiger partial charge in [0, 0.05) is 5.33 Å². The quantitative estimate of drug-likeness (QED) is 0.0330. The van der Waals surface area contributed by atoms with E-state index in [9.17, 15) is 8.42 Å². The molecule has 0 amide bonds. The molecule has 0 aromatic rings. The van der Waals surface area contributed by atoms with Crippen molar-refractivity contribution in [2.75, 3.05) is 18.2 Å². The number of hydrogen-bond acceptors (Lipinski definition) is 3. The van der Waals surface area contributed by atoms with Gasteiger partial charge in [0.05, 0.1) is 12.9 Å². The third-order valence-electron chi connectivity index (χ3n) is 6.98. The predicted molar refractivity (Wildman–Crippen MR) is 193 cm³/mol. The molecule has 3 nitrogen and oxygen atoms in total. The summed E-state index contributed by atoms with van der Waals surface area (Å²) >= 11 is 3.48. The van der Waals surface area contributed by atoms with Crippen LogP contribution >= 0.6 is 15.9 Å². The van der Waals surface area contributed by atoms with Gasteiger partial charge >= 0.3 is 0 Å². The third-order valence-corrected chi connectivity index (χ3v) is 8.13. The van der Waals surface area contributed by atoms with Crippen molar-refractivity contribution in [3.8, 4) is 0 Å². The van der Waals surface area contributed by atoms with Crippen LogP contribution in [0.15, 0.2) is 48.6 Å². The van der Waals surface area contributed by atoms with Gasteiger partial charge in [-0.2, -0.15) is 8.42 Å². The molecular formula is C37H69BrO3S. The van der Waals surface area contributed by atoms with Crippen LogP contribution in [-0.4, -0.2) is 26.6 Å². The normalized spacial score (nSPS) is 12.3. The molecule has 42 heavy (non-hydrogen) atoms. The zero-order valence-electron chi connectivity index (χ0n) is 28.0. The zero-order valence-corrected chi connectivity index (χ0v) is 30.4. The van der Waals surface area contributed by atoms with Gasteiger partial charge in [-0.25, -0.2) is 0 Å². The van der Waals surface area contributed by atoms with Crippen LogP contribution in [0.1, 0.15) is 168 Å². The monoisotopic (exact) mass is 672 g/mol. The van der Waals surface area contributed by atoms with Crippen LogP contribution in [0.3, 0.4) is 0 Å². The molecule has 5 heteroatoms. The van der Waals surface area contributed by atoms with Crippen molar-refractivity contribution in [2.45, 2.75) is 168 Å². The molecule has 0 atom stereocenters. The summed E-state index contributed by atoms with van der Waals surface area (Å²) in [4.78, 5) is 0. The van der Waals surface area contributed by atoms with E-state index in [-0.39, 0.29) is 0 Å². The molecule has 0 spiro atoms. The van der Waals surface area contributed by atoms with Crippen molar-refractivity contribution < 1.29 is 12.6 Å². The highest BCUT2D eigenvalue weighted by Gasteiger charge is 2.00. The van der Waals surface area contributed by atoms with Crippen LogP contribution in [0.4, 0.5) is 0 Å². The summed E-state index contributed by atoms with van der Waals surface area (Å²) in [6.45, 7) is 4.82. The maximum absolute atomic E-state index is 10.8. The van der Waals surface area contributed by atoms with Crippen LogP contribution in [0.25, 0.3) is 0 Å². The second-order valence-electron chi connectivity index (χ2n) is 11.4. The van der Waals surface area contributed by atoms with E-state index in [1.54, 1.807) is 0 Å². The van der Waals surface area contributed by atoms with Gasteiger partial charge in [0.2, 0.25) is 0 Å². The van der Waals surface area contributed by atoms with E-state index < -0.39 is 10.1 Å².